The lowest BCUT2D eigenvalue weighted by atomic mass is 10.2. The highest BCUT2D eigenvalue weighted by atomic mass is 19.1. The maximum absolute atomic E-state index is 14.3. The maximum atomic E-state index is 14.3. The molecule has 0 fully saturated rings. The van der Waals surface area contributed by atoms with Crippen LogP contribution >= 0.6 is 0 Å². The molecule has 0 aliphatic carbocycles. The molecule has 0 aliphatic heterocycles. The number of hydrogen-bond donors (Lipinski definition) is 0. The van der Waals surface area contributed by atoms with E-state index in [0.29, 0.717) is 17.1 Å². The van der Waals surface area contributed by atoms with Gasteiger partial charge in [0.1, 0.15) is 11.6 Å². The first kappa shape index (κ1) is 14.3. The number of nitrogens with zero attached hydrogens (tertiary/aromatic N) is 2. The fourth-order valence-electron chi connectivity index (χ4n) is 2.50. The van der Waals surface area contributed by atoms with Crippen LogP contribution in [0.3, 0.4) is 0 Å². The average molecular weight is 316 g/mol. The average Bonchev–Trinajstić information content (AvgIpc) is 2.63. The first-order chi connectivity index (χ1) is 11.8. The van der Waals surface area contributed by atoms with Crippen LogP contribution in [-0.4, -0.2) is 9.97 Å². The summed E-state index contributed by atoms with van der Waals surface area (Å²) in [5.74, 6) is 0.903. The highest BCUT2D eigenvalue weighted by Gasteiger charge is 2.14. The quantitative estimate of drug-likeness (QED) is 0.519. The van der Waals surface area contributed by atoms with Gasteiger partial charge in [0.15, 0.2) is 5.82 Å². The minimum absolute atomic E-state index is 0.211. The van der Waals surface area contributed by atoms with Gasteiger partial charge < -0.3 is 4.74 Å². The van der Waals surface area contributed by atoms with Crippen molar-refractivity contribution in [3.63, 3.8) is 0 Å². The van der Waals surface area contributed by atoms with Crippen molar-refractivity contribution in [2.45, 2.75) is 0 Å². The van der Waals surface area contributed by atoms with Crippen molar-refractivity contribution in [1.82, 2.24) is 9.97 Å². The Morgan fingerprint density at radius 3 is 2.17 bits per heavy atom. The topological polar surface area (TPSA) is 35.0 Å². The van der Waals surface area contributed by atoms with Gasteiger partial charge in [-0.1, -0.05) is 54.6 Å². The van der Waals surface area contributed by atoms with E-state index >= 15 is 0 Å². The highest BCUT2D eigenvalue weighted by Crippen LogP contribution is 2.31. The molecular formula is C20H13FN2O. The second-order valence-electron chi connectivity index (χ2n) is 5.27. The Hall–Kier alpha value is -3.27. The van der Waals surface area contributed by atoms with Crippen molar-refractivity contribution in [2.24, 2.45) is 0 Å². The van der Waals surface area contributed by atoms with Gasteiger partial charge in [0.05, 0.1) is 10.9 Å². The summed E-state index contributed by atoms with van der Waals surface area (Å²) in [5.41, 5.74) is 1.36. The van der Waals surface area contributed by atoms with Gasteiger partial charge >= 0.3 is 0 Å². The molecule has 4 aromatic rings. The molecule has 3 nitrogen and oxygen atoms in total. The molecule has 0 saturated heterocycles. The van der Waals surface area contributed by atoms with Gasteiger partial charge in [-0.2, -0.15) is 4.98 Å². The van der Waals surface area contributed by atoms with Crippen molar-refractivity contribution in [3.05, 3.63) is 84.7 Å². The predicted molar refractivity (Wildman–Crippen MR) is 91.4 cm³/mol. The number of ether oxygens (including phenoxy) is 1. The van der Waals surface area contributed by atoms with Gasteiger partial charge in [-0.15, -0.1) is 0 Å². The van der Waals surface area contributed by atoms with Gasteiger partial charge in [-0.25, -0.2) is 9.37 Å². The molecule has 3 aromatic carbocycles. The van der Waals surface area contributed by atoms with Gasteiger partial charge in [-0.05, 0) is 24.3 Å². The van der Waals surface area contributed by atoms with E-state index in [-0.39, 0.29) is 11.3 Å². The fraction of sp³-hybridized carbons (Fsp3) is 0. The normalized spacial score (nSPS) is 10.7. The number of benzene rings is 3. The molecule has 4 rings (SSSR count). The molecule has 0 saturated carbocycles. The van der Waals surface area contributed by atoms with Gasteiger partial charge in [0.2, 0.25) is 5.88 Å². The molecule has 0 radical (unpaired) electrons. The Morgan fingerprint density at radius 2 is 1.42 bits per heavy atom. The maximum Gasteiger partial charge on any atom is 0.233 e. The van der Waals surface area contributed by atoms with Gasteiger partial charge in [0.25, 0.3) is 0 Å². The zero-order valence-corrected chi connectivity index (χ0v) is 12.7. The smallest absolute Gasteiger partial charge is 0.233 e. The predicted octanol–water partition coefficient (Wildman–Crippen LogP) is 5.23. The monoisotopic (exact) mass is 316 g/mol. The molecule has 0 aliphatic rings. The third-order valence-electron chi connectivity index (χ3n) is 3.63. The Balaban J connectivity index is 1.92. The first-order valence-corrected chi connectivity index (χ1v) is 7.56. The largest absolute Gasteiger partial charge is 0.438 e. The van der Waals surface area contributed by atoms with Crippen LogP contribution in [0.4, 0.5) is 4.39 Å². The van der Waals surface area contributed by atoms with E-state index in [9.17, 15) is 4.39 Å². The van der Waals surface area contributed by atoms with Crippen LogP contribution in [0.15, 0.2) is 78.9 Å². The number of aromatic nitrogens is 2. The summed E-state index contributed by atoms with van der Waals surface area (Å²) < 4.78 is 20.2. The Kier molecular flexibility index (Phi) is 3.63. The lowest BCUT2D eigenvalue weighted by molar-refractivity contribution is 0.466. The van der Waals surface area contributed by atoms with Crippen LogP contribution in [0.25, 0.3) is 22.3 Å². The van der Waals surface area contributed by atoms with E-state index in [1.54, 1.807) is 24.3 Å². The summed E-state index contributed by atoms with van der Waals surface area (Å²) in [6.45, 7) is 0. The van der Waals surface area contributed by atoms with Crippen LogP contribution in [-0.2, 0) is 0 Å². The third-order valence-corrected chi connectivity index (χ3v) is 3.63. The lowest BCUT2D eigenvalue weighted by Crippen LogP contribution is -1.97. The molecule has 1 aromatic heterocycles. The summed E-state index contributed by atoms with van der Waals surface area (Å²) in [5, 5.41) is 0.279. The molecule has 0 amide bonds. The molecule has 0 spiro atoms. The highest BCUT2D eigenvalue weighted by molar-refractivity contribution is 5.86. The molecule has 0 bridgehead atoms. The lowest BCUT2D eigenvalue weighted by Gasteiger charge is -2.10. The fourth-order valence-corrected chi connectivity index (χ4v) is 2.50. The van der Waals surface area contributed by atoms with Crippen molar-refractivity contribution >= 4 is 10.9 Å². The van der Waals surface area contributed by atoms with Crippen molar-refractivity contribution in [1.29, 1.82) is 0 Å². The zero-order valence-electron chi connectivity index (χ0n) is 12.7. The SMILES string of the molecule is Fc1cccc2nc(-c3ccccc3)nc(Oc3ccccc3)c12. The molecule has 0 unspecified atom stereocenters. The van der Waals surface area contributed by atoms with Crippen molar-refractivity contribution in [3.8, 4) is 23.0 Å². The number of fused-ring (bicyclic) bond motifs is 1. The summed E-state index contributed by atoms with van der Waals surface area (Å²) in [7, 11) is 0. The van der Waals surface area contributed by atoms with Crippen LogP contribution in [0.5, 0.6) is 11.6 Å². The van der Waals surface area contributed by atoms with Crippen LogP contribution in [0.2, 0.25) is 0 Å². The van der Waals surface area contributed by atoms with Crippen LogP contribution in [0, 0.1) is 5.82 Å². The zero-order chi connectivity index (χ0) is 16.4. The summed E-state index contributed by atoms with van der Waals surface area (Å²) in [4.78, 5) is 8.93. The summed E-state index contributed by atoms with van der Waals surface area (Å²) in [6, 6.07) is 23.5. The number of hydrogen-bond acceptors (Lipinski definition) is 3. The molecule has 0 atom stereocenters. The molecule has 1 heterocycles. The van der Waals surface area contributed by atoms with Crippen molar-refractivity contribution < 1.29 is 9.13 Å². The molecule has 4 heteroatoms. The number of rotatable bonds is 3. The minimum atomic E-state index is -0.405. The second kappa shape index (κ2) is 6.08. The van der Waals surface area contributed by atoms with E-state index in [4.69, 9.17) is 4.74 Å². The van der Waals surface area contributed by atoms with E-state index < -0.39 is 5.82 Å². The third kappa shape index (κ3) is 2.70. The Labute approximate surface area is 138 Å². The van der Waals surface area contributed by atoms with E-state index in [2.05, 4.69) is 9.97 Å². The van der Waals surface area contributed by atoms with Crippen molar-refractivity contribution in [2.75, 3.05) is 0 Å². The Bertz CT molecular complexity index is 988. The van der Waals surface area contributed by atoms with Gasteiger partial charge in [-0.3, -0.25) is 0 Å². The summed E-state index contributed by atoms with van der Waals surface area (Å²) in [6.07, 6.45) is 0. The molecule has 116 valence electrons. The van der Waals surface area contributed by atoms with E-state index in [1.807, 2.05) is 48.5 Å². The second-order valence-corrected chi connectivity index (χ2v) is 5.27. The number of para-hydroxylation sites is 1. The molecule has 24 heavy (non-hydrogen) atoms. The van der Waals surface area contributed by atoms with E-state index in [1.165, 1.54) is 6.07 Å². The van der Waals surface area contributed by atoms with Gasteiger partial charge in [0, 0.05) is 5.56 Å². The Morgan fingerprint density at radius 1 is 0.708 bits per heavy atom. The molecule has 0 N–H and O–H groups in total. The standard InChI is InChI=1S/C20H13FN2O/c21-16-12-7-13-17-18(16)20(24-15-10-5-2-6-11-15)23-19(22-17)14-8-3-1-4-9-14/h1-13H. The minimum Gasteiger partial charge on any atom is -0.438 e. The first-order valence-electron chi connectivity index (χ1n) is 7.56. The van der Waals surface area contributed by atoms with Crippen LogP contribution in [0.1, 0.15) is 0 Å². The van der Waals surface area contributed by atoms with Crippen LogP contribution < -0.4 is 4.74 Å². The molecular weight excluding hydrogens is 303 g/mol. The van der Waals surface area contributed by atoms with E-state index in [0.717, 1.165) is 5.56 Å². The summed E-state index contributed by atoms with van der Waals surface area (Å²) >= 11 is 0. The number of halogens is 1.